The summed E-state index contributed by atoms with van der Waals surface area (Å²) in [6, 6.07) is 0. The van der Waals surface area contributed by atoms with Gasteiger partial charge in [0.2, 0.25) is 0 Å². The molecule has 94 valence electrons. The van der Waals surface area contributed by atoms with E-state index in [-0.39, 0.29) is 12.4 Å². The van der Waals surface area contributed by atoms with Crippen LogP contribution in [0.1, 0.15) is 27.7 Å². The zero-order valence-electron chi connectivity index (χ0n) is 10.1. The summed E-state index contributed by atoms with van der Waals surface area (Å²) >= 11 is 0. The molecule has 3 N–H and O–H groups in total. The maximum atomic E-state index is 10.2. The van der Waals surface area contributed by atoms with Gasteiger partial charge >= 0.3 is 0 Å². The third-order valence-electron chi connectivity index (χ3n) is 2.67. The lowest BCUT2D eigenvalue weighted by atomic mass is 9.93. The topological polar surface area (TPSA) is 79.2 Å². The molecule has 0 aromatic heterocycles. The first-order valence-corrected chi connectivity index (χ1v) is 5.25. The fourth-order valence-corrected chi connectivity index (χ4v) is 1.68. The molecule has 16 heavy (non-hydrogen) atoms. The third-order valence-corrected chi connectivity index (χ3v) is 2.67. The molecule has 0 saturated carbocycles. The van der Waals surface area contributed by atoms with Gasteiger partial charge < -0.3 is 24.8 Å². The quantitative estimate of drug-likeness (QED) is 0.625. The Kier molecular flexibility index (Phi) is 3.64. The third kappa shape index (κ3) is 2.38. The highest BCUT2D eigenvalue weighted by Gasteiger charge is 2.48. The van der Waals surface area contributed by atoms with Gasteiger partial charge in [-0.1, -0.05) is 0 Å². The molecule has 0 aliphatic carbocycles. The maximum Gasteiger partial charge on any atom is 0.172 e. The molecule has 1 saturated heterocycles. The highest BCUT2D eigenvalue weighted by Crippen LogP contribution is 2.33. The average molecular weight is 232 g/mol. The summed E-state index contributed by atoms with van der Waals surface area (Å²) in [4.78, 5) is 0. The van der Waals surface area contributed by atoms with Crippen molar-refractivity contribution in [3.63, 3.8) is 0 Å². The lowest BCUT2D eigenvalue weighted by molar-refractivity contribution is -0.175. The standard InChI is InChI=1S/C11H20O5/c1-7(2)9(13)11(14,6-12)8-5-15-10(3,4)16-8/h8,12-14H,5-6H2,1-4H3. The van der Waals surface area contributed by atoms with Crippen LogP contribution in [0.4, 0.5) is 0 Å². The van der Waals surface area contributed by atoms with E-state index in [1.54, 1.807) is 27.7 Å². The number of aliphatic hydroxyl groups is 3. The largest absolute Gasteiger partial charge is 0.509 e. The van der Waals surface area contributed by atoms with Gasteiger partial charge in [-0.3, -0.25) is 0 Å². The van der Waals surface area contributed by atoms with Gasteiger partial charge in [0, 0.05) is 0 Å². The van der Waals surface area contributed by atoms with Crippen LogP contribution in [0.5, 0.6) is 0 Å². The Labute approximate surface area is 95.3 Å². The predicted octanol–water partition coefficient (Wildman–Crippen LogP) is 0.713. The van der Waals surface area contributed by atoms with Crippen molar-refractivity contribution in [1.82, 2.24) is 0 Å². The molecule has 1 fully saturated rings. The van der Waals surface area contributed by atoms with Gasteiger partial charge in [-0.05, 0) is 33.3 Å². The molecule has 5 heteroatoms. The minimum absolute atomic E-state index is 0.126. The van der Waals surface area contributed by atoms with Gasteiger partial charge in [-0.15, -0.1) is 0 Å². The summed E-state index contributed by atoms with van der Waals surface area (Å²) in [5, 5.41) is 29.3. The summed E-state index contributed by atoms with van der Waals surface area (Å²) in [6.07, 6.45) is -0.776. The van der Waals surface area contributed by atoms with Crippen LogP contribution in [0.15, 0.2) is 11.3 Å². The van der Waals surface area contributed by atoms with Crippen LogP contribution >= 0.6 is 0 Å². The highest BCUT2D eigenvalue weighted by atomic mass is 16.7. The Balaban J connectivity index is 2.95. The molecule has 1 aliphatic heterocycles. The number of hydrogen-bond donors (Lipinski definition) is 3. The molecule has 1 aliphatic rings. The van der Waals surface area contributed by atoms with Gasteiger partial charge in [0.1, 0.15) is 11.9 Å². The lowest BCUT2D eigenvalue weighted by Crippen LogP contribution is -2.49. The van der Waals surface area contributed by atoms with Crippen LogP contribution in [0.2, 0.25) is 0 Å². The van der Waals surface area contributed by atoms with E-state index in [4.69, 9.17) is 9.47 Å². The highest BCUT2D eigenvalue weighted by molar-refractivity contribution is 5.18. The van der Waals surface area contributed by atoms with Crippen molar-refractivity contribution in [2.75, 3.05) is 13.2 Å². The molecular weight excluding hydrogens is 212 g/mol. The van der Waals surface area contributed by atoms with Gasteiger partial charge in [0.25, 0.3) is 0 Å². The monoisotopic (exact) mass is 232 g/mol. The van der Waals surface area contributed by atoms with E-state index in [2.05, 4.69) is 0 Å². The van der Waals surface area contributed by atoms with Crippen LogP contribution in [0.3, 0.4) is 0 Å². The van der Waals surface area contributed by atoms with Gasteiger partial charge in [-0.2, -0.15) is 0 Å². The summed E-state index contributed by atoms with van der Waals surface area (Å²) in [5.41, 5.74) is -1.27. The molecular formula is C11H20O5. The van der Waals surface area contributed by atoms with Crippen LogP contribution < -0.4 is 0 Å². The number of allylic oxidation sites excluding steroid dienone is 1. The summed E-state index contributed by atoms with van der Waals surface area (Å²) in [6.45, 7) is 6.23. The first-order chi connectivity index (χ1) is 7.23. The maximum absolute atomic E-state index is 10.2. The van der Waals surface area contributed by atoms with E-state index < -0.39 is 24.1 Å². The average Bonchev–Trinajstić information content (AvgIpc) is 2.56. The van der Waals surface area contributed by atoms with Crippen LogP contribution in [0.25, 0.3) is 0 Å². The van der Waals surface area contributed by atoms with Crippen molar-refractivity contribution in [2.45, 2.75) is 45.2 Å². The van der Waals surface area contributed by atoms with Gasteiger partial charge in [0.05, 0.1) is 13.2 Å². The zero-order valence-corrected chi connectivity index (χ0v) is 10.1. The smallest absolute Gasteiger partial charge is 0.172 e. The Morgan fingerprint density at radius 1 is 1.44 bits per heavy atom. The molecule has 0 bridgehead atoms. The Morgan fingerprint density at radius 2 is 2.00 bits per heavy atom. The minimum Gasteiger partial charge on any atom is -0.509 e. The molecule has 0 aromatic rings. The molecule has 1 heterocycles. The van der Waals surface area contributed by atoms with Crippen molar-refractivity contribution >= 4 is 0 Å². The van der Waals surface area contributed by atoms with Crippen molar-refractivity contribution < 1.29 is 24.8 Å². The Hall–Kier alpha value is -0.620. The first-order valence-electron chi connectivity index (χ1n) is 5.25. The number of rotatable bonds is 3. The zero-order chi connectivity index (χ0) is 12.6. The van der Waals surface area contributed by atoms with Crippen LogP contribution in [-0.4, -0.2) is 46.0 Å². The summed E-state index contributed by atoms with van der Waals surface area (Å²) < 4.78 is 10.8. The van der Waals surface area contributed by atoms with E-state index in [1.165, 1.54) is 0 Å². The van der Waals surface area contributed by atoms with Crippen molar-refractivity contribution in [1.29, 1.82) is 0 Å². The predicted molar refractivity (Wildman–Crippen MR) is 57.9 cm³/mol. The molecule has 2 unspecified atom stereocenters. The van der Waals surface area contributed by atoms with Crippen molar-refractivity contribution in [3.8, 4) is 0 Å². The first kappa shape index (κ1) is 13.4. The summed E-state index contributed by atoms with van der Waals surface area (Å²) in [7, 11) is 0. The summed E-state index contributed by atoms with van der Waals surface area (Å²) in [5.74, 6) is -1.07. The second-order valence-electron chi connectivity index (χ2n) is 4.75. The van der Waals surface area contributed by atoms with E-state index in [1.807, 2.05) is 0 Å². The van der Waals surface area contributed by atoms with Crippen LogP contribution in [-0.2, 0) is 9.47 Å². The SMILES string of the molecule is CC(C)=C(O)C(O)(CO)C1COC(C)(C)O1. The van der Waals surface area contributed by atoms with Crippen LogP contribution in [0, 0.1) is 0 Å². The van der Waals surface area contributed by atoms with Gasteiger partial charge in [0.15, 0.2) is 11.4 Å². The Morgan fingerprint density at radius 3 is 2.31 bits per heavy atom. The minimum atomic E-state index is -1.80. The van der Waals surface area contributed by atoms with E-state index in [0.29, 0.717) is 5.57 Å². The van der Waals surface area contributed by atoms with E-state index in [0.717, 1.165) is 0 Å². The molecule has 5 nitrogen and oxygen atoms in total. The molecule has 0 radical (unpaired) electrons. The lowest BCUT2D eigenvalue weighted by Gasteiger charge is -2.31. The molecule has 0 amide bonds. The van der Waals surface area contributed by atoms with Gasteiger partial charge in [-0.25, -0.2) is 0 Å². The second-order valence-corrected chi connectivity index (χ2v) is 4.75. The number of aliphatic hydroxyl groups excluding tert-OH is 2. The molecule has 2 atom stereocenters. The van der Waals surface area contributed by atoms with E-state index >= 15 is 0 Å². The fourth-order valence-electron chi connectivity index (χ4n) is 1.68. The Bertz CT molecular complexity index is 293. The molecule has 1 rings (SSSR count). The second kappa shape index (κ2) is 4.33. The molecule has 0 spiro atoms. The number of hydrogen-bond acceptors (Lipinski definition) is 5. The van der Waals surface area contributed by atoms with E-state index in [9.17, 15) is 15.3 Å². The molecule has 0 aromatic carbocycles. The fraction of sp³-hybridized carbons (Fsp3) is 0.818. The van der Waals surface area contributed by atoms with Crippen molar-refractivity contribution in [3.05, 3.63) is 11.3 Å². The van der Waals surface area contributed by atoms with Crippen molar-refractivity contribution in [2.24, 2.45) is 0 Å². The normalized spacial score (nSPS) is 27.5. The number of ether oxygens (including phenoxy) is 2.